The second-order valence-electron chi connectivity index (χ2n) is 9.01. The molecule has 36 heavy (non-hydrogen) atoms. The van der Waals surface area contributed by atoms with E-state index in [2.05, 4.69) is 20.7 Å². The number of halogens is 2. The van der Waals surface area contributed by atoms with Gasteiger partial charge in [0.2, 0.25) is 11.7 Å². The summed E-state index contributed by atoms with van der Waals surface area (Å²) in [5.74, 6) is -0.940. The first-order valence-corrected chi connectivity index (χ1v) is 12.7. The van der Waals surface area contributed by atoms with Crippen molar-refractivity contribution in [1.29, 1.82) is 0 Å². The van der Waals surface area contributed by atoms with E-state index < -0.39 is 11.9 Å². The number of hydrogen-bond donors (Lipinski definition) is 1. The van der Waals surface area contributed by atoms with Crippen molar-refractivity contribution in [2.45, 2.75) is 70.5 Å². The van der Waals surface area contributed by atoms with Crippen molar-refractivity contribution in [2.24, 2.45) is 0 Å². The summed E-state index contributed by atoms with van der Waals surface area (Å²) in [5.41, 5.74) is 0.754. The second kappa shape index (κ2) is 12.1. The number of amides is 2. The van der Waals surface area contributed by atoms with E-state index in [1.807, 2.05) is 6.92 Å². The lowest BCUT2D eigenvalue weighted by atomic mass is 10.0. The molecule has 1 fully saturated rings. The predicted octanol–water partition coefficient (Wildman–Crippen LogP) is 4.78. The highest BCUT2D eigenvalue weighted by Crippen LogP contribution is 2.25. The second-order valence-corrected chi connectivity index (χ2v) is 9.45. The van der Waals surface area contributed by atoms with Crippen LogP contribution in [0.25, 0.3) is 11.4 Å². The first-order chi connectivity index (χ1) is 17.5. The highest BCUT2D eigenvalue weighted by atomic mass is 35.5. The van der Waals surface area contributed by atoms with Crippen LogP contribution >= 0.6 is 11.6 Å². The molecule has 1 N–H and O–H groups in total. The Morgan fingerprint density at radius 1 is 1.17 bits per heavy atom. The molecule has 1 atom stereocenters. The number of carbonyl (C=O) groups excluding carboxylic acids is 2. The fraction of sp³-hybridized carbons (Fsp3) is 0.423. The summed E-state index contributed by atoms with van der Waals surface area (Å²) in [6, 6.07) is 12.4. The molecular weight excluding hydrogens is 483 g/mol. The molecule has 1 heterocycles. The van der Waals surface area contributed by atoms with E-state index in [1.165, 1.54) is 11.0 Å². The number of carbonyl (C=O) groups is 2. The number of benzene rings is 2. The fourth-order valence-corrected chi connectivity index (χ4v) is 4.63. The fourth-order valence-electron chi connectivity index (χ4n) is 4.50. The molecule has 190 valence electrons. The topological polar surface area (TPSA) is 93.0 Å². The number of rotatable bonds is 10. The number of hydrogen-bond acceptors (Lipinski definition) is 5. The van der Waals surface area contributed by atoms with Gasteiger partial charge >= 0.3 is 0 Å². The first-order valence-electron chi connectivity index (χ1n) is 12.4. The molecule has 0 spiro atoms. The Kier molecular flexibility index (Phi) is 8.64. The number of aromatic nitrogens is 4. The minimum atomic E-state index is -0.700. The highest BCUT2D eigenvalue weighted by Gasteiger charge is 2.33. The van der Waals surface area contributed by atoms with E-state index in [9.17, 15) is 14.0 Å². The van der Waals surface area contributed by atoms with Crippen molar-refractivity contribution < 1.29 is 14.0 Å². The molecular formula is C26H30ClFN6O2. The van der Waals surface area contributed by atoms with Gasteiger partial charge in [-0.05, 0) is 60.9 Å². The highest BCUT2D eigenvalue weighted by molar-refractivity contribution is 6.30. The van der Waals surface area contributed by atoms with Gasteiger partial charge in [0, 0.05) is 16.8 Å². The van der Waals surface area contributed by atoms with E-state index in [1.54, 1.807) is 42.5 Å². The summed E-state index contributed by atoms with van der Waals surface area (Å²) < 4.78 is 14.2. The molecule has 0 unspecified atom stereocenters. The average Bonchev–Trinajstić information content (AvgIpc) is 3.55. The van der Waals surface area contributed by atoms with Crippen LogP contribution in [0.15, 0.2) is 48.5 Å². The molecule has 1 aromatic heterocycles. The van der Waals surface area contributed by atoms with Crippen LogP contribution in [0.1, 0.15) is 51.9 Å². The van der Waals surface area contributed by atoms with Gasteiger partial charge in [0.1, 0.15) is 18.4 Å². The summed E-state index contributed by atoms with van der Waals surface area (Å²) >= 11 is 6.09. The third-order valence-corrected chi connectivity index (χ3v) is 6.62. The molecule has 1 aliphatic carbocycles. The molecule has 2 aromatic carbocycles. The normalized spacial score (nSPS) is 14.5. The SMILES string of the molecule is CCCC[C@H](C(=O)NC1CCCC1)N(C(=O)Cn1nnc(-c2ccccc2F)n1)c1ccc(Cl)cc1. The molecule has 2 amide bonds. The zero-order chi connectivity index (χ0) is 25.5. The van der Waals surface area contributed by atoms with Crippen LogP contribution in [0, 0.1) is 5.82 Å². The van der Waals surface area contributed by atoms with Gasteiger partial charge in [0.25, 0.3) is 5.91 Å². The van der Waals surface area contributed by atoms with Gasteiger partial charge in [-0.15, -0.1) is 10.2 Å². The summed E-state index contributed by atoms with van der Waals surface area (Å²) in [4.78, 5) is 29.7. The van der Waals surface area contributed by atoms with Crippen molar-refractivity contribution >= 4 is 29.1 Å². The molecule has 4 rings (SSSR count). The third kappa shape index (κ3) is 6.26. The standard InChI is InChI=1S/C26H30ClFN6O2/c1-2-3-12-23(26(36)29-19-8-4-5-9-19)34(20-15-13-18(27)14-16-20)24(35)17-33-31-25(30-32-33)21-10-6-7-11-22(21)28/h6-7,10-11,13-16,19,23H,2-5,8-9,12,17H2,1H3,(H,29,36)/t23-/m1/s1. The lowest BCUT2D eigenvalue weighted by Gasteiger charge is -2.32. The van der Waals surface area contributed by atoms with Gasteiger partial charge in [-0.25, -0.2) is 4.39 Å². The summed E-state index contributed by atoms with van der Waals surface area (Å²) in [5, 5.41) is 15.8. The van der Waals surface area contributed by atoms with Gasteiger partial charge in [0.05, 0.1) is 5.56 Å². The largest absolute Gasteiger partial charge is 0.352 e. The molecule has 3 aromatic rings. The van der Waals surface area contributed by atoms with E-state index in [-0.39, 0.29) is 35.8 Å². The molecule has 1 saturated carbocycles. The third-order valence-electron chi connectivity index (χ3n) is 6.36. The lowest BCUT2D eigenvalue weighted by Crippen LogP contribution is -2.52. The predicted molar refractivity (Wildman–Crippen MR) is 136 cm³/mol. The monoisotopic (exact) mass is 512 g/mol. The van der Waals surface area contributed by atoms with Crippen LogP contribution in [0.5, 0.6) is 0 Å². The first kappa shape index (κ1) is 25.8. The Labute approximate surface area is 214 Å². The molecule has 8 nitrogen and oxygen atoms in total. The average molecular weight is 513 g/mol. The smallest absolute Gasteiger partial charge is 0.251 e. The van der Waals surface area contributed by atoms with Crippen LogP contribution in [0.4, 0.5) is 10.1 Å². The molecule has 1 aliphatic rings. The summed E-state index contributed by atoms with van der Waals surface area (Å²) in [6.07, 6.45) is 6.24. The Morgan fingerprint density at radius 3 is 2.58 bits per heavy atom. The zero-order valence-corrected chi connectivity index (χ0v) is 21.0. The maximum Gasteiger partial charge on any atom is 0.251 e. The van der Waals surface area contributed by atoms with Gasteiger partial charge in [-0.2, -0.15) is 4.80 Å². The summed E-state index contributed by atoms with van der Waals surface area (Å²) in [6.45, 7) is 1.79. The quantitative estimate of drug-likeness (QED) is 0.422. The Morgan fingerprint density at radius 2 is 1.89 bits per heavy atom. The Hall–Kier alpha value is -3.33. The maximum atomic E-state index is 14.2. The number of nitrogens with one attached hydrogen (secondary N) is 1. The van der Waals surface area contributed by atoms with Crippen LogP contribution in [-0.2, 0) is 16.1 Å². The van der Waals surface area contributed by atoms with Crippen molar-refractivity contribution in [3.8, 4) is 11.4 Å². The van der Waals surface area contributed by atoms with E-state index in [0.717, 1.165) is 43.3 Å². The number of anilines is 1. The molecule has 0 aliphatic heterocycles. The molecule has 0 radical (unpaired) electrons. The Bertz CT molecular complexity index is 1180. The molecule has 0 saturated heterocycles. The van der Waals surface area contributed by atoms with Crippen molar-refractivity contribution in [3.05, 3.63) is 59.4 Å². The van der Waals surface area contributed by atoms with E-state index >= 15 is 0 Å². The number of tetrazole rings is 1. The van der Waals surface area contributed by atoms with Gasteiger partial charge in [-0.3, -0.25) is 14.5 Å². The van der Waals surface area contributed by atoms with E-state index in [4.69, 9.17) is 11.6 Å². The molecule has 10 heteroatoms. The number of nitrogens with zero attached hydrogens (tertiary/aromatic N) is 5. The van der Waals surface area contributed by atoms with Crippen LogP contribution in [-0.4, -0.2) is 44.1 Å². The molecule has 0 bridgehead atoms. The van der Waals surface area contributed by atoms with Crippen molar-refractivity contribution in [3.63, 3.8) is 0 Å². The summed E-state index contributed by atoms with van der Waals surface area (Å²) in [7, 11) is 0. The Balaban J connectivity index is 1.61. The minimum absolute atomic E-state index is 0.0838. The van der Waals surface area contributed by atoms with Gasteiger partial charge < -0.3 is 5.32 Å². The van der Waals surface area contributed by atoms with Crippen LogP contribution in [0.3, 0.4) is 0 Å². The number of unbranched alkanes of at least 4 members (excludes halogenated alkanes) is 1. The lowest BCUT2D eigenvalue weighted by molar-refractivity contribution is -0.127. The van der Waals surface area contributed by atoms with Crippen LogP contribution in [0.2, 0.25) is 5.02 Å². The van der Waals surface area contributed by atoms with Gasteiger partial charge in [-0.1, -0.05) is 56.3 Å². The zero-order valence-electron chi connectivity index (χ0n) is 20.2. The minimum Gasteiger partial charge on any atom is -0.352 e. The maximum absolute atomic E-state index is 14.2. The van der Waals surface area contributed by atoms with Crippen molar-refractivity contribution in [2.75, 3.05) is 4.90 Å². The van der Waals surface area contributed by atoms with Crippen molar-refractivity contribution in [1.82, 2.24) is 25.5 Å². The van der Waals surface area contributed by atoms with Crippen LogP contribution < -0.4 is 10.2 Å². The van der Waals surface area contributed by atoms with E-state index in [0.29, 0.717) is 17.1 Å². The van der Waals surface area contributed by atoms with Gasteiger partial charge in [0.15, 0.2) is 0 Å².